The first-order chi connectivity index (χ1) is 47.8. The molecule has 0 aromatic carbocycles. The zero-order valence-corrected chi connectivity index (χ0v) is 63.2. The number of hydrogen-bond acceptors (Lipinski definition) is 8. The van der Waals surface area contributed by atoms with Crippen molar-refractivity contribution in [2.45, 2.75) is 341 Å². The van der Waals surface area contributed by atoms with E-state index in [0.717, 1.165) is 128 Å². The molecule has 0 aromatic heterocycles. The maximum Gasteiger partial charge on any atom is 0.472 e. The Morgan fingerprint density at radius 1 is 0.309 bits per heavy atom. The summed E-state index contributed by atoms with van der Waals surface area (Å²) in [6, 6.07) is 0. The minimum Gasteiger partial charge on any atom is -0.462 e. The summed E-state index contributed by atoms with van der Waals surface area (Å²) >= 11 is 0. The van der Waals surface area contributed by atoms with Crippen molar-refractivity contribution in [3.8, 4) is 0 Å². The van der Waals surface area contributed by atoms with Gasteiger partial charge in [-0.25, -0.2) is 4.57 Å². The Morgan fingerprint density at radius 3 is 0.794 bits per heavy atom. The molecule has 0 saturated heterocycles. The highest BCUT2D eigenvalue weighted by Crippen LogP contribution is 2.43. The van der Waals surface area contributed by atoms with Gasteiger partial charge in [-0.2, -0.15) is 0 Å². The second-order valence-electron chi connectivity index (χ2n) is 25.8. The lowest BCUT2D eigenvalue weighted by atomic mass is 10.0. The number of esters is 2. The largest absolute Gasteiger partial charge is 0.472 e. The Hall–Kier alpha value is -4.63. The number of unbranched alkanes of at least 4 members (excludes halogenated alkanes) is 32. The van der Waals surface area contributed by atoms with Gasteiger partial charge in [-0.3, -0.25) is 18.6 Å². The molecule has 0 rings (SSSR count). The molecule has 0 aromatic rings. The van der Waals surface area contributed by atoms with Crippen LogP contribution in [0.4, 0.5) is 0 Å². The third-order valence-electron chi connectivity index (χ3n) is 16.6. The minimum atomic E-state index is -4.41. The zero-order chi connectivity index (χ0) is 70.0. The van der Waals surface area contributed by atoms with Crippen molar-refractivity contribution >= 4 is 19.8 Å². The number of hydrogen-bond donors (Lipinski definition) is 2. The third kappa shape index (κ3) is 80.2. The van der Waals surface area contributed by atoms with Gasteiger partial charge < -0.3 is 20.1 Å². The molecule has 0 saturated carbocycles. The van der Waals surface area contributed by atoms with Crippen LogP contribution >= 0.6 is 7.82 Å². The molecule has 0 aliphatic carbocycles. The van der Waals surface area contributed by atoms with E-state index in [9.17, 15) is 19.0 Å². The maximum atomic E-state index is 12.8. The molecule has 0 bridgehead atoms. The van der Waals surface area contributed by atoms with Crippen molar-refractivity contribution < 1.29 is 37.6 Å². The van der Waals surface area contributed by atoms with Gasteiger partial charge in [-0.05, 0) is 128 Å². The van der Waals surface area contributed by atoms with Crippen LogP contribution < -0.4 is 5.73 Å². The van der Waals surface area contributed by atoms with Gasteiger partial charge >= 0.3 is 19.8 Å². The van der Waals surface area contributed by atoms with E-state index in [1.54, 1.807) is 0 Å². The smallest absolute Gasteiger partial charge is 0.462 e. The first-order valence-electron chi connectivity index (χ1n) is 39.6. The van der Waals surface area contributed by atoms with Crippen LogP contribution in [0, 0.1) is 0 Å². The Labute approximate surface area is 597 Å². The molecule has 2 unspecified atom stereocenters. The van der Waals surface area contributed by atoms with E-state index >= 15 is 0 Å². The van der Waals surface area contributed by atoms with Crippen molar-refractivity contribution in [3.05, 3.63) is 170 Å². The van der Waals surface area contributed by atoms with Crippen LogP contribution in [-0.2, 0) is 32.7 Å². The van der Waals surface area contributed by atoms with Crippen LogP contribution in [0.2, 0.25) is 0 Å². The van der Waals surface area contributed by atoms with E-state index in [0.29, 0.717) is 6.42 Å². The predicted molar refractivity (Wildman–Crippen MR) is 422 cm³/mol. The van der Waals surface area contributed by atoms with Crippen LogP contribution in [-0.4, -0.2) is 49.3 Å². The van der Waals surface area contributed by atoms with E-state index in [1.807, 2.05) is 0 Å². The Bertz CT molecular complexity index is 2210. The summed E-state index contributed by atoms with van der Waals surface area (Å²) < 4.78 is 33.3. The van der Waals surface area contributed by atoms with Gasteiger partial charge in [0, 0.05) is 19.4 Å². The fourth-order valence-corrected chi connectivity index (χ4v) is 11.6. The van der Waals surface area contributed by atoms with Crippen LogP contribution in [0.3, 0.4) is 0 Å². The third-order valence-corrected chi connectivity index (χ3v) is 17.6. The average molecular weight is 1370 g/mol. The van der Waals surface area contributed by atoms with Crippen molar-refractivity contribution in [1.82, 2.24) is 0 Å². The molecule has 0 fully saturated rings. The standard InChI is InChI=1S/C87H146NO8P/c1-3-5-7-9-11-13-15-17-19-21-23-25-27-29-31-33-35-37-39-41-42-44-46-48-50-52-54-56-58-60-62-64-66-68-70-72-74-76-78-80-87(90)96-85(84-95-97(91,92)94-82-81-88)83-93-86(89)79-77-75-73-71-69-67-65-63-61-59-57-55-53-51-49-47-45-43-40-38-36-34-32-30-28-26-24-22-20-18-16-14-12-10-8-6-4-2/h5-8,11-14,17-20,23-26,29-32,35-38,41-42,46,48,85H,3-4,9-10,15-16,21-22,27-28,33-34,39-40,43-45,47,49-84,88H2,1-2H3,(H,91,92)/b7-5-,8-6-,13-11-,14-12-,19-17-,20-18-,25-23-,26-24-,31-29-,32-30-,37-35-,38-36-,42-41-,48-46-. The Balaban J connectivity index is 3.86. The van der Waals surface area contributed by atoms with Crippen LogP contribution in [0.15, 0.2) is 170 Å². The van der Waals surface area contributed by atoms with Crippen molar-refractivity contribution in [1.29, 1.82) is 0 Å². The molecule has 2 atom stereocenters. The molecule has 0 aliphatic heterocycles. The molecule has 9 nitrogen and oxygen atoms in total. The number of phosphoric acid groups is 1. The molecule has 97 heavy (non-hydrogen) atoms. The minimum absolute atomic E-state index is 0.0484. The van der Waals surface area contributed by atoms with Gasteiger partial charge in [-0.1, -0.05) is 364 Å². The molecular weight excluding hydrogens is 1220 g/mol. The number of rotatable bonds is 73. The number of phosphoric ester groups is 1. The fraction of sp³-hybridized carbons (Fsp3) is 0.655. The average Bonchev–Trinajstić information content (AvgIpc) is 2.88. The fourth-order valence-electron chi connectivity index (χ4n) is 10.8. The summed E-state index contributed by atoms with van der Waals surface area (Å²) in [5.74, 6) is -0.824. The highest BCUT2D eigenvalue weighted by atomic mass is 31.2. The molecule has 0 amide bonds. The van der Waals surface area contributed by atoms with Gasteiger partial charge in [0.2, 0.25) is 0 Å². The predicted octanol–water partition coefficient (Wildman–Crippen LogP) is 26.9. The second-order valence-corrected chi connectivity index (χ2v) is 27.3. The van der Waals surface area contributed by atoms with E-state index < -0.39 is 26.5 Å². The van der Waals surface area contributed by atoms with E-state index in [4.69, 9.17) is 24.3 Å². The summed E-state index contributed by atoms with van der Waals surface area (Å²) in [6.07, 6.45) is 119. The van der Waals surface area contributed by atoms with E-state index in [1.165, 1.54) is 173 Å². The lowest BCUT2D eigenvalue weighted by Gasteiger charge is -2.19. The number of allylic oxidation sites excluding steroid dienone is 28. The quantitative estimate of drug-likeness (QED) is 0.0264. The summed E-state index contributed by atoms with van der Waals surface area (Å²) in [6.45, 7) is 3.54. The number of ether oxygens (including phenoxy) is 2. The molecule has 0 heterocycles. The topological polar surface area (TPSA) is 134 Å². The number of nitrogens with two attached hydrogens (primary N) is 1. The Morgan fingerprint density at radius 2 is 0.536 bits per heavy atom. The zero-order valence-electron chi connectivity index (χ0n) is 62.3. The van der Waals surface area contributed by atoms with Gasteiger partial charge in [0.25, 0.3) is 0 Å². The van der Waals surface area contributed by atoms with Crippen molar-refractivity contribution in [2.24, 2.45) is 5.73 Å². The lowest BCUT2D eigenvalue weighted by Crippen LogP contribution is -2.29. The molecule has 0 spiro atoms. The first kappa shape index (κ1) is 92.4. The summed E-state index contributed by atoms with van der Waals surface area (Å²) in [5.41, 5.74) is 5.42. The molecule has 0 aliphatic rings. The molecule has 0 radical (unpaired) electrons. The van der Waals surface area contributed by atoms with Crippen molar-refractivity contribution in [3.63, 3.8) is 0 Å². The highest BCUT2D eigenvalue weighted by Gasteiger charge is 2.26. The molecule has 3 N–H and O–H groups in total. The second kappa shape index (κ2) is 80.3. The monoisotopic (exact) mass is 1360 g/mol. The van der Waals surface area contributed by atoms with Crippen LogP contribution in [0.1, 0.15) is 335 Å². The Kier molecular flexibility index (Phi) is 76.5. The number of carbonyl (C=O) groups excluding carboxylic acids is 2. The summed E-state index contributed by atoms with van der Waals surface area (Å²) in [7, 11) is -4.41. The van der Waals surface area contributed by atoms with Gasteiger partial charge in [-0.15, -0.1) is 0 Å². The number of carbonyl (C=O) groups is 2. The van der Waals surface area contributed by atoms with E-state index in [2.05, 4.69) is 184 Å². The van der Waals surface area contributed by atoms with Gasteiger partial charge in [0.05, 0.1) is 13.2 Å². The van der Waals surface area contributed by atoms with Crippen LogP contribution in [0.25, 0.3) is 0 Å². The molecular formula is C87H146NO8P. The molecule has 10 heteroatoms. The van der Waals surface area contributed by atoms with Crippen LogP contribution in [0.5, 0.6) is 0 Å². The normalized spacial score (nSPS) is 13.8. The molecule has 552 valence electrons. The van der Waals surface area contributed by atoms with Gasteiger partial charge in [0.1, 0.15) is 6.61 Å². The lowest BCUT2D eigenvalue weighted by molar-refractivity contribution is -0.161. The summed E-state index contributed by atoms with van der Waals surface area (Å²) in [4.78, 5) is 35.5. The maximum absolute atomic E-state index is 12.8. The first-order valence-corrected chi connectivity index (χ1v) is 41.1. The SMILES string of the molecule is CC/C=C\C/C=C\C/C=C\C/C=C\C/C=C\C/C=C\C/C=C\C/C=C\CCCCCCCCCCCCCCCCC(=O)OC(COC(=O)CCCCCCCCCCCCCCCCCCCC/C=C\C/C=C\C/C=C\C/C=C\C/C=C\C/C=C\CC)COP(=O)(O)OCCN. The van der Waals surface area contributed by atoms with Gasteiger partial charge in [0.15, 0.2) is 6.10 Å². The summed E-state index contributed by atoms with van der Waals surface area (Å²) in [5, 5.41) is 0. The van der Waals surface area contributed by atoms with E-state index in [-0.39, 0.29) is 38.6 Å². The highest BCUT2D eigenvalue weighted by molar-refractivity contribution is 7.47. The van der Waals surface area contributed by atoms with Crippen molar-refractivity contribution in [2.75, 3.05) is 26.4 Å².